The second-order valence-electron chi connectivity index (χ2n) is 4.30. The van der Waals surface area contributed by atoms with Gasteiger partial charge in [0.1, 0.15) is 11.9 Å². The Morgan fingerprint density at radius 1 is 1.30 bits per heavy atom. The lowest BCUT2D eigenvalue weighted by Crippen LogP contribution is -2.05. The zero-order chi connectivity index (χ0) is 14.4. The molecule has 0 aliphatic carbocycles. The van der Waals surface area contributed by atoms with Gasteiger partial charge < -0.3 is 19.7 Å². The van der Waals surface area contributed by atoms with Crippen LogP contribution in [0.25, 0.3) is 0 Å². The van der Waals surface area contributed by atoms with Crippen LogP contribution in [0.1, 0.15) is 38.1 Å². The Hall–Kier alpha value is -2.08. The van der Waals surface area contributed by atoms with Crippen LogP contribution in [0.15, 0.2) is 28.8 Å². The van der Waals surface area contributed by atoms with Crippen LogP contribution in [0.3, 0.4) is 0 Å². The minimum absolute atomic E-state index is 0.119. The van der Waals surface area contributed by atoms with Crippen molar-refractivity contribution >= 4 is 5.69 Å². The lowest BCUT2D eigenvalue weighted by molar-refractivity contribution is 0.0518. The molecule has 0 amide bonds. The summed E-state index contributed by atoms with van der Waals surface area (Å²) in [5, 5.41) is 16.3. The molecule has 0 saturated heterocycles. The Morgan fingerprint density at radius 3 is 2.70 bits per heavy atom. The Bertz CT molecular complexity index is 525. The Kier molecular flexibility index (Phi) is 4.95. The fourth-order valence-corrected chi connectivity index (χ4v) is 1.80. The molecule has 20 heavy (non-hydrogen) atoms. The Balaban J connectivity index is 1.93. The first kappa shape index (κ1) is 14.3. The third-order valence-corrected chi connectivity index (χ3v) is 2.82. The molecule has 6 nitrogen and oxygen atoms in total. The molecule has 108 valence electrons. The summed E-state index contributed by atoms with van der Waals surface area (Å²) >= 11 is 0. The van der Waals surface area contributed by atoms with E-state index >= 15 is 0 Å². The van der Waals surface area contributed by atoms with E-state index in [0.29, 0.717) is 24.9 Å². The highest BCUT2D eigenvalue weighted by atomic mass is 16.5. The minimum atomic E-state index is -0.119. The fourth-order valence-electron chi connectivity index (χ4n) is 1.80. The van der Waals surface area contributed by atoms with E-state index in [2.05, 4.69) is 15.5 Å². The predicted molar refractivity (Wildman–Crippen MR) is 74.4 cm³/mol. The van der Waals surface area contributed by atoms with Gasteiger partial charge >= 0.3 is 0 Å². The number of ether oxygens (including phenoxy) is 1. The molecule has 1 aromatic carbocycles. The molecular weight excluding hydrogens is 258 g/mol. The summed E-state index contributed by atoms with van der Waals surface area (Å²) in [6, 6.07) is 6.79. The standard InChI is InChI=1S/C14H19N3O3/c1-3-12(19-4-2)14-16-13(20-17-14)9-15-10-5-7-11(18)8-6-10/h5-8,12,15,18H,3-4,9H2,1-2H3. The van der Waals surface area contributed by atoms with E-state index in [0.717, 1.165) is 12.1 Å². The van der Waals surface area contributed by atoms with Crippen LogP contribution in [0.5, 0.6) is 5.75 Å². The van der Waals surface area contributed by atoms with E-state index in [9.17, 15) is 5.11 Å². The maximum atomic E-state index is 9.20. The topological polar surface area (TPSA) is 80.4 Å². The van der Waals surface area contributed by atoms with Crippen LogP contribution in [-0.4, -0.2) is 21.9 Å². The van der Waals surface area contributed by atoms with Crippen molar-refractivity contribution in [1.29, 1.82) is 0 Å². The van der Waals surface area contributed by atoms with Crippen molar-refractivity contribution in [2.75, 3.05) is 11.9 Å². The van der Waals surface area contributed by atoms with Crippen LogP contribution in [-0.2, 0) is 11.3 Å². The van der Waals surface area contributed by atoms with E-state index < -0.39 is 0 Å². The monoisotopic (exact) mass is 277 g/mol. The van der Waals surface area contributed by atoms with Gasteiger partial charge in [-0.15, -0.1) is 0 Å². The molecule has 0 aliphatic heterocycles. The molecule has 0 spiro atoms. The van der Waals surface area contributed by atoms with Crippen molar-refractivity contribution in [1.82, 2.24) is 10.1 Å². The molecule has 6 heteroatoms. The first-order valence-corrected chi connectivity index (χ1v) is 6.70. The summed E-state index contributed by atoms with van der Waals surface area (Å²) in [6.07, 6.45) is 0.684. The lowest BCUT2D eigenvalue weighted by Gasteiger charge is -2.09. The van der Waals surface area contributed by atoms with Crippen molar-refractivity contribution in [2.45, 2.75) is 32.9 Å². The van der Waals surface area contributed by atoms with Crippen molar-refractivity contribution in [3.8, 4) is 5.75 Å². The van der Waals surface area contributed by atoms with Gasteiger partial charge in [-0.3, -0.25) is 0 Å². The highest BCUT2D eigenvalue weighted by molar-refractivity contribution is 5.45. The van der Waals surface area contributed by atoms with Crippen LogP contribution < -0.4 is 5.32 Å². The van der Waals surface area contributed by atoms with E-state index in [4.69, 9.17) is 9.26 Å². The summed E-state index contributed by atoms with van der Waals surface area (Å²) in [7, 11) is 0. The average molecular weight is 277 g/mol. The molecule has 2 aromatic rings. The van der Waals surface area contributed by atoms with Gasteiger partial charge in [-0.25, -0.2) is 0 Å². The maximum absolute atomic E-state index is 9.20. The number of nitrogens with zero attached hydrogens (tertiary/aromatic N) is 2. The van der Waals surface area contributed by atoms with Gasteiger partial charge in [0.15, 0.2) is 0 Å². The smallest absolute Gasteiger partial charge is 0.246 e. The number of benzene rings is 1. The number of nitrogens with one attached hydrogen (secondary N) is 1. The summed E-state index contributed by atoms with van der Waals surface area (Å²) in [6.45, 7) is 5.01. The average Bonchev–Trinajstić information content (AvgIpc) is 2.93. The number of phenolic OH excluding ortho intramolecular Hbond substituents is 1. The van der Waals surface area contributed by atoms with Crippen molar-refractivity contribution in [3.63, 3.8) is 0 Å². The molecule has 2 N–H and O–H groups in total. The lowest BCUT2D eigenvalue weighted by atomic mass is 10.2. The fraction of sp³-hybridized carbons (Fsp3) is 0.429. The van der Waals surface area contributed by atoms with E-state index in [1.165, 1.54) is 0 Å². The third kappa shape index (κ3) is 3.71. The van der Waals surface area contributed by atoms with Gasteiger partial charge in [0.05, 0.1) is 6.54 Å². The SMILES string of the molecule is CCOC(CC)c1noc(CNc2ccc(O)cc2)n1. The molecule has 0 fully saturated rings. The number of aromatic hydroxyl groups is 1. The number of hydrogen-bond donors (Lipinski definition) is 2. The maximum Gasteiger partial charge on any atom is 0.246 e. The normalized spacial score (nSPS) is 12.3. The molecule has 0 radical (unpaired) electrons. The molecule has 1 heterocycles. The Labute approximate surface area is 117 Å². The van der Waals surface area contributed by atoms with Crippen LogP contribution in [0.2, 0.25) is 0 Å². The number of aromatic nitrogens is 2. The highest BCUT2D eigenvalue weighted by Crippen LogP contribution is 2.18. The summed E-state index contributed by atoms with van der Waals surface area (Å²) in [5.74, 6) is 1.32. The predicted octanol–water partition coefficient (Wildman–Crippen LogP) is 2.87. The first-order chi connectivity index (χ1) is 9.72. The van der Waals surface area contributed by atoms with Crippen LogP contribution >= 0.6 is 0 Å². The summed E-state index contributed by atoms with van der Waals surface area (Å²) in [4.78, 5) is 4.32. The molecule has 1 atom stereocenters. The molecule has 0 aliphatic rings. The number of hydrogen-bond acceptors (Lipinski definition) is 6. The second-order valence-corrected chi connectivity index (χ2v) is 4.30. The molecule has 2 rings (SSSR count). The van der Waals surface area contributed by atoms with E-state index in [1.807, 2.05) is 13.8 Å². The highest BCUT2D eigenvalue weighted by Gasteiger charge is 2.16. The molecule has 1 unspecified atom stereocenters. The van der Waals surface area contributed by atoms with Crippen molar-refractivity contribution in [3.05, 3.63) is 36.0 Å². The largest absolute Gasteiger partial charge is 0.508 e. The Morgan fingerprint density at radius 2 is 2.05 bits per heavy atom. The van der Waals surface area contributed by atoms with E-state index in [1.54, 1.807) is 24.3 Å². The van der Waals surface area contributed by atoms with Gasteiger partial charge in [-0.05, 0) is 37.6 Å². The summed E-state index contributed by atoms with van der Waals surface area (Å²) < 4.78 is 10.7. The van der Waals surface area contributed by atoms with Crippen LogP contribution in [0, 0.1) is 0 Å². The number of phenols is 1. The zero-order valence-corrected chi connectivity index (χ0v) is 11.7. The van der Waals surface area contributed by atoms with E-state index in [-0.39, 0.29) is 11.9 Å². The molecule has 1 aromatic heterocycles. The number of rotatable bonds is 7. The van der Waals surface area contributed by atoms with Crippen molar-refractivity contribution in [2.24, 2.45) is 0 Å². The van der Waals surface area contributed by atoms with Gasteiger partial charge in [0.2, 0.25) is 11.7 Å². The number of anilines is 1. The van der Waals surface area contributed by atoms with Crippen molar-refractivity contribution < 1.29 is 14.4 Å². The first-order valence-electron chi connectivity index (χ1n) is 6.70. The summed E-state index contributed by atoms with van der Waals surface area (Å²) in [5.41, 5.74) is 0.874. The zero-order valence-electron chi connectivity index (χ0n) is 11.7. The quantitative estimate of drug-likeness (QED) is 0.757. The van der Waals surface area contributed by atoms with Gasteiger partial charge in [0.25, 0.3) is 0 Å². The van der Waals surface area contributed by atoms with Gasteiger partial charge in [0, 0.05) is 12.3 Å². The molecule has 0 bridgehead atoms. The second kappa shape index (κ2) is 6.91. The molecular formula is C14H19N3O3. The van der Waals surface area contributed by atoms with Gasteiger partial charge in [-0.1, -0.05) is 12.1 Å². The third-order valence-electron chi connectivity index (χ3n) is 2.82. The minimum Gasteiger partial charge on any atom is -0.508 e. The molecule has 0 saturated carbocycles. The van der Waals surface area contributed by atoms with Crippen LogP contribution in [0.4, 0.5) is 5.69 Å². The van der Waals surface area contributed by atoms with Gasteiger partial charge in [-0.2, -0.15) is 4.98 Å².